The Bertz CT molecular complexity index is 655. The second-order valence-electron chi connectivity index (χ2n) is 4.88. The fraction of sp³-hybridized carbons (Fsp3) is 0.429. The molecule has 0 bridgehead atoms. The van der Waals surface area contributed by atoms with Crippen molar-refractivity contribution in [3.63, 3.8) is 0 Å². The van der Waals surface area contributed by atoms with Gasteiger partial charge in [-0.2, -0.15) is 0 Å². The van der Waals surface area contributed by atoms with E-state index in [0.29, 0.717) is 12.1 Å². The van der Waals surface area contributed by atoms with Crippen LogP contribution in [0.5, 0.6) is 0 Å². The molecular formula is C14H17N5OS. The molecule has 21 heavy (non-hydrogen) atoms. The monoisotopic (exact) mass is 303 g/mol. The molecule has 1 amide bonds. The lowest BCUT2D eigenvalue weighted by atomic mass is 10.2. The maximum Gasteiger partial charge on any atom is 0.254 e. The first-order valence-electron chi connectivity index (χ1n) is 6.97. The van der Waals surface area contributed by atoms with E-state index in [1.54, 1.807) is 18.3 Å². The lowest BCUT2D eigenvalue weighted by Gasteiger charge is -2.15. The lowest BCUT2D eigenvalue weighted by molar-refractivity contribution is 0.0945. The standard InChI is InChI=1S/C14H17N5OS/c1-21-14-10(5-4-7-15-14)13(20)16-9-12-18-17-11-6-2-3-8-19(11)12/h4-5,7H,2-3,6,8-9H2,1H3,(H,16,20). The summed E-state index contributed by atoms with van der Waals surface area (Å²) in [5.41, 5.74) is 0.600. The summed E-state index contributed by atoms with van der Waals surface area (Å²) < 4.78 is 2.11. The topological polar surface area (TPSA) is 72.7 Å². The highest BCUT2D eigenvalue weighted by molar-refractivity contribution is 7.98. The average Bonchev–Trinajstić information content (AvgIpc) is 2.96. The summed E-state index contributed by atoms with van der Waals surface area (Å²) in [7, 11) is 0. The van der Waals surface area contributed by atoms with Crippen LogP contribution in [0.25, 0.3) is 0 Å². The van der Waals surface area contributed by atoms with Crippen LogP contribution in [0.15, 0.2) is 23.4 Å². The van der Waals surface area contributed by atoms with E-state index >= 15 is 0 Å². The van der Waals surface area contributed by atoms with Gasteiger partial charge in [0.25, 0.3) is 5.91 Å². The summed E-state index contributed by atoms with van der Waals surface area (Å²) >= 11 is 1.46. The zero-order valence-electron chi connectivity index (χ0n) is 11.9. The maximum atomic E-state index is 12.3. The van der Waals surface area contributed by atoms with Crippen molar-refractivity contribution in [2.24, 2.45) is 0 Å². The number of hydrogen-bond acceptors (Lipinski definition) is 5. The van der Waals surface area contributed by atoms with E-state index in [2.05, 4.69) is 25.1 Å². The average molecular weight is 303 g/mol. The minimum absolute atomic E-state index is 0.124. The largest absolute Gasteiger partial charge is 0.345 e. The van der Waals surface area contributed by atoms with Crippen LogP contribution in [-0.4, -0.2) is 31.9 Å². The second-order valence-corrected chi connectivity index (χ2v) is 5.68. The third-order valence-electron chi connectivity index (χ3n) is 3.55. The number of aromatic nitrogens is 4. The summed E-state index contributed by atoms with van der Waals surface area (Å²) in [6, 6.07) is 3.56. The molecule has 0 fully saturated rings. The van der Waals surface area contributed by atoms with Crippen molar-refractivity contribution in [3.8, 4) is 0 Å². The molecule has 2 aromatic rings. The van der Waals surface area contributed by atoms with E-state index in [9.17, 15) is 4.79 Å². The zero-order chi connectivity index (χ0) is 14.7. The van der Waals surface area contributed by atoms with Gasteiger partial charge in [-0.25, -0.2) is 4.98 Å². The molecule has 0 unspecified atom stereocenters. The Kier molecular flexibility index (Phi) is 4.19. The van der Waals surface area contributed by atoms with E-state index in [0.717, 1.165) is 42.5 Å². The highest BCUT2D eigenvalue weighted by Crippen LogP contribution is 2.17. The maximum absolute atomic E-state index is 12.3. The molecule has 110 valence electrons. The number of nitrogens with zero attached hydrogens (tertiary/aromatic N) is 4. The molecule has 2 aromatic heterocycles. The SMILES string of the molecule is CSc1ncccc1C(=O)NCc1nnc2n1CCCC2. The molecule has 0 saturated carbocycles. The molecule has 0 spiro atoms. The molecule has 1 N–H and O–H groups in total. The normalized spacial score (nSPS) is 13.8. The van der Waals surface area contributed by atoms with Crippen LogP contribution in [0.3, 0.4) is 0 Å². The molecule has 3 heterocycles. The van der Waals surface area contributed by atoms with Crippen LogP contribution >= 0.6 is 11.8 Å². The lowest BCUT2D eigenvalue weighted by Crippen LogP contribution is -2.26. The predicted molar refractivity (Wildman–Crippen MR) is 80.1 cm³/mol. The van der Waals surface area contributed by atoms with Gasteiger partial charge >= 0.3 is 0 Å². The van der Waals surface area contributed by atoms with Gasteiger partial charge in [0.1, 0.15) is 10.9 Å². The zero-order valence-corrected chi connectivity index (χ0v) is 12.7. The smallest absolute Gasteiger partial charge is 0.254 e. The minimum Gasteiger partial charge on any atom is -0.345 e. The molecule has 0 aromatic carbocycles. The molecule has 3 rings (SSSR count). The molecule has 6 nitrogen and oxygen atoms in total. The van der Waals surface area contributed by atoms with Crippen LogP contribution in [-0.2, 0) is 19.5 Å². The Labute approximate surface area is 127 Å². The molecule has 1 aliphatic heterocycles. The fourth-order valence-corrected chi connectivity index (χ4v) is 3.03. The van der Waals surface area contributed by atoms with Gasteiger partial charge in [-0.1, -0.05) is 0 Å². The number of rotatable bonds is 4. The van der Waals surface area contributed by atoms with Gasteiger partial charge < -0.3 is 9.88 Å². The van der Waals surface area contributed by atoms with Gasteiger partial charge in [0.2, 0.25) is 0 Å². The number of amides is 1. The Morgan fingerprint density at radius 2 is 2.33 bits per heavy atom. The van der Waals surface area contributed by atoms with Gasteiger partial charge in [-0.15, -0.1) is 22.0 Å². The molecule has 0 aliphatic carbocycles. The highest BCUT2D eigenvalue weighted by Gasteiger charge is 2.17. The van der Waals surface area contributed by atoms with Crippen molar-refractivity contribution in [2.75, 3.05) is 6.26 Å². The number of carbonyl (C=O) groups is 1. The van der Waals surface area contributed by atoms with E-state index in [1.165, 1.54) is 11.8 Å². The van der Waals surface area contributed by atoms with Crippen molar-refractivity contribution >= 4 is 17.7 Å². The van der Waals surface area contributed by atoms with Crippen molar-refractivity contribution in [2.45, 2.75) is 37.4 Å². The Balaban J connectivity index is 1.70. The van der Waals surface area contributed by atoms with E-state index in [1.807, 2.05) is 6.26 Å². The first-order valence-corrected chi connectivity index (χ1v) is 8.20. The van der Waals surface area contributed by atoms with Crippen LogP contribution in [0.4, 0.5) is 0 Å². The summed E-state index contributed by atoms with van der Waals surface area (Å²) in [6.45, 7) is 1.34. The van der Waals surface area contributed by atoms with Crippen LogP contribution < -0.4 is 5.32 Å². The van der Waals surface area contributed by atoms with Gasteiger partial charge in [0.15, 0.2) is 5.82 Å². The van der Waals surface area contributed by atoms with Gasteiger partial charge in [0.05, 0.1) is 12.1 Å². The van der Waals surface area contributed by atoms with Crippen molar-refractivity contribution in [1.29, 1.82) is 0 Å². The summed E-state index contributed by atoms with van der Waals surface area (Å²) in [6.07, 6.45) is 6.88. The number of carbonyl (C=O) groups excluding carboxylic acids is 1. The first-order chi connectivity index (χ1) is 10.3. The number of nitrogens with one attached hydrogen (secondary N) is 1. The minimum atomic E-state index is -0.124. The van der Waals surface area contributed by atoms with E-state index < -0.39 is 0 Å². The van der Waals surface area contributed by atoms with E-state index in [-0.39, 0.29) is 5.91 Å². The van der Waals surface area contributed by atoms with E-state index in [4.69, 9.17) is 0 Å². The molecule has 0 saturated heterocycles. The number of hydrogen-bond donors (Lipinski definition) is 1. The van der Waals surface area contributed by atoms with Crippen molar-refractivity contribution < 1.29 is 4.79 Å². The second kappa shape index (κ2) is 6.26. The quantitative estimate of drug-likeness (QED) is 0.870. The Hall–Kier alpha value is -1.89. The van der Waals surface area contributed by atoms with Crippen molar-refractivity contribution in [3.05, 3.63) is 35.5 Å². The Morgan fingerprint density at radius 3 is 3.19 bits per heavy atom. The molecule has 7 heteroatoms. The highest BCUT2D eigenvalue weighted by atomic mass is 32.2. The number of fused-ring (bicyclic) bond motifs is 1. The van der Waals surface area contributed by atoms with Crippen molar-refractivity contribution in [1.82, 2.24) is 25.1 Å². The molecular weight excluding hydrogens is 286 g/mol. The first kappa shape index (κ1) is 14.1. The number of aryl methyl sites for hydroxylation is 1. The molecule has 0 atom stereocenters. The number of pyridine rings is 1. The summed E-state index contributed by atoms with van der Waals surface area (Å²) in [5.74, 6) is 1.73. The molecule has 0 radical (unpaired) electrons. The Morgan fingerprint density at radius 1 is 1.43 bits per heavy atom. The third kappa shape index (κ3) is 2.92. The van der Waals surface area contributed by atoms with Crippen LogP contribution in [0.2, 0.25) is 0 Å². The van der Waals surface area contributed by atoms with Gasteiger partial charge in [-0.3, -0.25) is 4.79 Å². The predicted octanol–water partition coefficient (Wildman–Crippen LogP) is 1.66. The fourth-order valence-electron chi connectivity index (χ4n) is 2.48. The van der Waals surface area contributed by atoms with Gasteiger partial charge in [-0.05, 0) is 31.2 Å². The van der Waals surface area contributed by atoms with Crippen LogP contribution in [0.1, 0.15) is 34.8 Å². The van der Waals surface area contributed by atoms with Gasteiger partial charge in [0, 0.05) is 19.2 Å². The number of thioether (sulfide) groups is 1. The molecule has 1 aliphatic rings. The third-order valence-corrected chi connectivity index (χ3v) is 4.26. The summed E-state index contributed by atoms with van der Waals surface area (Å²) in [5, 5.41) is 12.0. The summed E-state index contributed by atoms with van der Waals surface area (Å²) in [4.78, 5) is 16.5. The van der Waals surface area contributed by atoms with Crippen LogP contribution in [0, 0.1) is 0 Å².